The number of nitrogens with two attached hydrogens (primary N) is 3. The average molecular weight is 292 g/mol. The average Bonchev–Trinajstić information content (AvgIpc) is 2.44. The maximum atomic E-state index is 13.4. The van der Waals surface area contributed by atoms with Crippen LogP contribution < -0.4 is 22.3 Å². The van der Waals surface area contributed by atoms with E-state index in [4.69, 9.17) is 17.3 Å². The predicted octanol–water partition coefficient (Wildman–Crippen LogP) is 1.89. The van der Waals surface area contributed by atoms with E-state index < -0.39 is 17.3 Å². The van der Waals surface area contributed by atoms with Crippen LogP contribution in [0.2, 0.25) is 0 Å². The highest BCUT2D eigenvalue weighted by atomic mass is 19.1. The molecule has 7 heteroatoms. The SMILES string of the molecule is N/C(=C\N(N)c1cc(F)c(N)c(F)c1)c1ccc(O)cc1. The van der Waals surface area contributed by atoms with Crippen LogP contribution >= 0.6 is 0 Å². The zero-order valence-electron chi connectivity index (χ0n) is 10.9. The van der Waals surface area contributed by atoms with Crippen LogP contribution in [0.15, 0.2) is 42.6 Å². The number of phenols is 1. The number of rotatable bonds is 3. The Labute approximate surface area is 119 Å². The number of nitrogens with zero attached hydrogens (tertiary/aromatic N) is 1. The maximum Gasteiger partial charge on any atom is 0.151 e. The van der Waals surface area contributed by atoms with Gasteiger partial charge in [0.05, 0.1) is 11.4 Å². The van der Waals surface area contributed by atoms with Gasteiger partial charge in [0.15, 0.2) is 11.6 Å². The van der Waals surface area contributed by atoms with Crippen molar-refractivity contribution in [2.75, 3.05) is 10.7 Å². The molecule has 5 nitrogen and oxygen atoms in total. The van der Waals surface area contributed by atoms with Crippen molar-refractivity contribution >= 4 is 17.1 Å². The highest BCUT2D eigenvalue weighted by Crippen LogP contribution is 2.23. The van der Waals surface area contributed by atoms with E-state index in [0.717, 1.165) is 17.1 Å². The first kappa shape index (κ1) is 14.6. The third kappa shape index (κ3) is 3.21. The molecule has 0 saturated heterocycles. The normalized spacial score (nSPS) is 11.5. The first-order chi connectivity index (χ1) is 9.88. The van der Waals surface area contributed by atoms with Gasteiger partial charge in [0.25, 0.3) is 0 Å². The molecule has 0 amide bonds. The van der Waals surface area contributed by atoms with Crippen LogP contribution in [0.25, 0.3) is 5.70 Å². The molecule has 0 saturated carbocycles. The van der Waals surface area contributed by atoms with Crippen molar-refractivity contribution < 1.29 is 13.9 Å². The van der Waals surface area contributed by atoms with E-state index in [1.165, 1.54) is 18.3 Å². The Balaban J connectivity index is 2.29. The first-order valence-corrected chi connectivity index (χ1v) is 5.93. The van der Waals surface area contributed by atoms with Gasteiger partial charge in [0, 0.05) is 18.3 Å². The van der Waals surface area contributed by atoms with Gasteiger partial charge in [-0.2, -0.15) is 0 Å². The van der Waals surface area contributed by atoms with E-state index in [0.29, 0.717) is 5.56 Å². The minimum atomic E-state index is -0.906. The third-order valence-corrected chi connectivity index (χ3v) is 2.84. The molecule has 0 spiro atoms. The molecule has 0 atom stereocenters. The van der Waals surface area contributed by atoms with E-state index in [1.54, 1.807) is 12.1 Å². The van der Waals surface area contributed by atoms with E-state index >= 15 is 0 Å². The number of hydrogen-bond acceptors (Lipinski definition) is 5. The Morgan fingerprint density at radius 3 is 2.14 bits per heavy atom. The maximum absolute atomic E-state index is 13.4. The second-order valence-corrected chi connectivity index (χ2v) is 4.36. The number of phenolic OH excluding ortho intramolecular Hbond substituents is 1. The van der Waals surface area contributed by atoms with Crippen molar-refractivity contribution in [3.8, 4) is 5.75 Å². The molecule has 0 heterocycles. The van der Waals surface area contributed by atoms with Gasteiger partial charge in [0.1, 0.15) is 11.4 Å². The molecular weight excluding hydrogens is 278 g/mol. The molecule has 0 aliphatic heterocycles. The predicted molar refractivity (Wildman–Crippen MR) is 77.7 cm³/mol. The molecule has 21 heavy (non-hydrogen) atoms. The lowest BCUT2D eigenvalue weighted by atomic mass is 10.1. The highest BCUT2D eigenvalue weighted by molar-refractivity contribution is 5.67. The van der Waals surface area contributed by atoms with Gasteiger partial charge < -0.3 is 16.6 Å². The molecular formula is C14H14F2N4O. The summed E-state index contributed by atoms with van der Waals surface area (Å²) < 4.78 is 26.8. The largest absolute Gasteiger partial charge is 0.508 e. The minimum absolute atomic E-state index is 0.0564. The first-order valence-electron chi connectivity index (χ1n) is 5.93. The molecule has 0 fully saturated rings. The highest BCUT2D eigenvalue weighted by Gasteiger charge is 2.10. The van der Waals surface area contributed by atoms with Crippen molar-refractivity contribution in [2.24, 2.45) is 11.6 Å². The number of nitrogen functional groups attached to an aromatic ring is 1. The number of halogens is 2. The topological polar surface area (TPSA) is 102 Å². The molecule has 110 valence electrons. The summed E-state index contributed by atoms with van der Waals surface area (Å²) in [5.74, 6) is 3.99. The Hall–Kier alpha value is -2.80. The summed E-state index contributed by atoms with van der Waals surface area (Å²) in [6.45, 7) is 0. The molecule has 2 aromatic carbocycles. The van der Waals surface area contributed by atoms with Crippen LogP contribution in [0.3, 0.4) is 0 Å². The van der Waals surface area contributed by atoms with Crippen molar-refractivity contribution in [1.29, 1.82) is 0 Å². The van der Waals surface area contributed by atoms with Crippen LogP contribution in [0, 0.1) is 11.6 Å². The Bertz CT molecular complexity index is 663. The number of hydrazine groups is 1. The summed E-state index contributed by atoms with van der Waals surface area (Å²) in [7, 11) is 0. The fourth-order valence-corrected chi connectivity index (χ4v) is 1.67. The molecule has 0 bridgehead atoms. The van der Waals surface area contributed by atoms with Gasteiger partial charge in [0.2, 0.25) is 0 Å². The second kappa shape index (κ2) is 5.68. The van der Waals surface area contributed by atoms with Gasteiger partial charge >= 0.3 is 0 Å². The van der Waals surface area contributed by atoms with E-state index in [9.17, 15) is 13.9 Å². The zero-order chi connectivity index (χ0) is 15.6. The van der Waals surface area contributed by atoms with E-state index in [2.05, 4.69) is 0 Å². The fraction of sp³-hybridized carbons (Fsp3) is 0. The standard InChI is InChI=1S/C14H14F2N4O/c15-11-5-9(6-12(16)14(11)18)20(19)7-13(17)8-1-3-10(21)4-2-8/h1-7,21H,17-19H2/b13-7-. The summed E-state index contributed by atoms with van der Waals surface area (Å²) >= 11 is 0. The number of hydrogen-bond donors (Lipinski definition) is 4. The molecule has 2 rings (SSSR count). The molecule has 0 aliphatic rings. The lowest BCUT2D eigenvalue weighted by Crippen LogP contribution is -2.26. The number of benzene rings is 2. The smallest absolute Gasteiger partial charge is 0.151 e. The fourth-order valence-electron chi connectivity index (χ4n) is 1.67. The van der Waals surface area contributed by atoms with Crippen molar-refractivity contribution in [3.63, 3.8) is 0 Å². The van der Waals surface area contributed by atoms with Gasteiger partial charge in [-0.15, -0.1) is 0 Å². The van der Waals surface area contributed by atoms with E-state index in [-0.39, 0.29) is 17.1 Å². The molecule has 0 unspecified atom stereocenters. The monoisotopic (exact) mass is 292 g/mol. The van der Waals surface area contributed by atoms with Crippen molar-refractivity contribution in [1.82, 2.24) is 0 Å². The minimum Gasteiger partial charge on any atom is -0.508 e. The lowest BCUT2D eigenvalue weighted by molar-refractivity contribution is 0.475. The second-order valence-electron chi connectivity index (χ2n) is 4.36. The van der Waals surface area contributed by atoms with Gasteiger partial charge in [-0.3, -0.25) is 5.01 Å². The molecule has 0 aliphatic carbocycles. The zero-order valence-corrected chi connectivity index (χ0v) is 10.9. The summed E-state index contributed by atoms with van der Waals surface area (Å²) in [4.78, 5) is 0. The van der Waals surface area contributed by atoms with Crippen LogP contribution in [-0.2, 0) is 0 Å². The quantitative estimate of drug-likeness (QED) is 0.393. The summed E-state index contributed by atoms with van der Waals surface area (Å²) in [6, 6.07) is 8.08. The Morgan fingerprint density at radius 1 is 1.10 bits per heavy atom. The van der Waals surface area contributed by atoms with Crippen LogP contribution in [0.1, 0.15) is 5.56 Å². The van der Waals surface area contributed by atoms with Crippen molar-refractivity contribution in [3.05, 3.63) is 59.8 Å². The molecule has 0 radical (unpaired) electrons. The Kier molecular flexibility index (Phi) is 3.95. The number of anilines is 2. The summed E-state index contributed by atoms with van der Waals surface area (Å²) in [5.41, 5.74) is 11.4. The lowest BCUT2D eigenvalue weighted by Gasteiger charge is -2.16. The Morgan fingerprint density at radius 2 is 1.62 bits per heavy atom. The van der Waals surface area contributed by atoms with E-state index in [1.807, 2.05) is 0 Å². The third-order valence-electron chi connectivity index (χ3n) is 2.84. The van der Waals surface area contributed by atoms with Crippen molar-refractivity contribution in [2.45, 2.75) is 0 Å². The summed E-state index contributed by atoms with van der Waals surface area (Å²) in [6.07, 6.45) is 1.30. The van der Waals surface area contributed by atoms with Crippen LogP contribution in [-0.4, -0.2) is 5.11 Å². The molecule has 2 aromatic rings. The molecule has 7 N–H and O–H groups in total. The van der Waals surface area contributed by atoms with Gasteiger partial charge in [-0.25, -0.2) is 14.6 Å². The van der Waals surface area contributed by atoms with Gasteiger partial charge in [-0.05, 0) is 29.8 Å². The van der Waals surface area contributed by atoms with Crippen LogP contribution in [0.4, 0.5) is 20.2 Å². The molecule has 0 aromatic heterocycles. The number of aromatic hydroxyl groups is 1. The summed E-state index contributed by atoms with van der Waals surface area (Å²) in [5, 5.41) is 10.2. The van der Waals surface area contributed by atoms with Gasteiger partial charge in [-0.1, -0.05) is 0 Å². The van der Waals surface area contributed by atoms with Crippen LogP contribution in [0.5, 0.6) is 5.75 Å².